The Morgan fingerprint density at radius 1 is 1.17 bits per heavy atom. The number of aromatic nitrogens is 1. The summed E-state index contributed by atoms with van der Waals surface area (Å²) < 4.78 is 53.7. The van der Waals surface area contributed by atoms with Crippen molar-refractivity contribution in [2.45, 2.75) is 76.3 Å². The van der Waals surface area contributed by atoms with E-state index in [1.807, 2.05) is 6.92 Å². The van der Waals surface area contributed by atoms with Crippen molar-refractivity contribution in [3.05, 3.63) is 23.1 Å². The van der Waals surface area contributed by atoms with E-state index in [-0.39, 0.29) is 42.4 Å². The first-order valence-corrected chi connectivity index (χ1v) is 10.6. The molecule has 9 heteroatoms. The molecule has 4 N–H and O–H groups in total. The van der Waals surface area contributed by atoms with Crippen molar-refractivity contribution in [3.8, 4) is 0 Å². The van der Waals surface area contributed by atoms with Crippen LogP contribution in [0.2, 0.25) is 0 Å². The predicted octanol–water partition coefficient (Wildman–Crippen LogP) is 3.05. The van der Waals surface area contributed by atoms with Gasteiger partial charge in [-0.05, 0) is 63.5 Å². The molecule has 0 aromatic carbocycles. The summed E-state index contributed by atoms with van der Waals surface area (Å²) in [5.41, 5.74) is 13.6. The van der Waals surface area contributed by atoms with Crippen molar-refractivity contribution in [2.75, 3.05) is 24.5 Å². The minimum atomic E-state index is -4.26. The maximum atomic E-state index is 15.1. The Hall–Kier alpha value is -1.45. The van der Waals surface area contributed by atoms with Crippen LogP contribution in [0.4, 0.5) is 23.4 Å². The van der Waals surface area contributed by atoms with Crippen LogP contribution in [0.5, 0.6) is 0 Å². The number of nitrogens with zero attached hydrogens (tertiary/aromatic N) is 3. The Balaban J connectivity index is 1.50. The third-order valence-electron chi connectivity index (χ3n) is 7.22. The normalized spacial score (nSPS) is 37.2. The number of anilines is 1. The van der Waals surface area contributed by atoms with Gasteiger partial charge >= 0.3 is 6.18 Å². The second kappa shape index (κ2) is 7.03. The van der Waals surface area contributed by atoms with Gasteiger partial charge in [0, 0.05) is 42.4 Å². The lowest BCUT2D eigenvalue weighted by molar-refractivity contribution is -0.156. The molecule has 3 aliphatic rings. The number of halogens is 4. The Morgan fingerprint density at radius 2 is 1.73 bits per heavy atom. The molecule has 0 amide bonds. The van der Waals surface area contributed by atoms with E-state index in [0.717, 1.165) is 31.2 Å². The average molecular weight is 430 g/mol. The monoisotopic (exact) mass is 429 g/mol. The van der Waals surface area contributed by atoms with Crippen molar-refractivity contribution in [1.82, 2.24) is 9.88 Å². The molecule has 5 nitrogen and oxygen atoms in total. The largest absolute Gasteiger partial charge is 0.401 e. The first kappa shape index (κ1) is 21.8. The van der Waals surface area contributed by atoms with Gasteiger partial charge in [-0.3, -0.25) is 4.90 Å². The number of hydrogen-bond donors (Lipinski definition) is 2. The van der Waals surface area contributed by atoms with Gasteiger partial charge in [-0.25, -0.2) is 9.37 Å². The highest BCUT2D eigenvalue weighted by Gasteiger charge is 2.59. The van der Waals surface area contributed by atoms with Crippen molar-refractivity contribution in [1.29, 1.82) is 0 Å². The minimum absolute atomic E-state index is 0.199. The molecule has 2 atom stereocenters. The third kappa shape index (κ3) is 3.80. The Kier molecular flexibility index (Phi) is 5.10. The second-order valence-electron chi connectivity index (χ2n) is 10.00. The fraction of sp³-hybridized carbons (Fsp3) is 0.762. The van der Waals surface area contributed by atoms with Gasteiger partial charge in [-0.2, -0.15) is 13.2 Å². The van der Waals surface area contributed by atoms with Gasteiger partial charge in [-0.1, -0.05) is 0 Å². The third-order valence-corrected chi connectivity index (χ3v) is 7.22. The first-order chi connectivity index (χ1) is 13.8. The molecule has 4 rings (SSSR count). The number of piperazine rings is 1. The molecule has 30 heavy (non-hydrogen) atoms. The molecule has 1 saturated heterocycles. The van der Waals surface area contributed by atoms with Crippen LogP contribution in [0.3, 0.4) is 0 Å². The van der Waals surface area contributed by atoms with Crippen LogP contribution in [0.25, 0.3) is 0 Å². The van der Waals surface area contributed by atoms with E-state index in [9.17, 15) is 13.2 Å². The van der Waals surface area contributed by atoms with Crippen LogP contribution in [0.15, 0.2) is 6.07 Å². The van der Waals surface area contributed by atoms with Crippen molar-refractivity contribution in [2.24, 2.45) is 16.9 Å². The molecule has 3 fully saturated rings. The number of nitrogens with two attached hydrogens (primary N) is 2. The number of alkyl halides is 3. The Morgan fingerprint density at radius 3 is 2.23 bits per heavy atom. The topological polar surface area (TPSA) is 71.4 Å². The van der Waals surface area contributed by atoms with Gasteiger partial charge in [0.1, 0.15) is 0 Å². The molecule has 168 valence electrons. The van der Waals surface area contributed by atoms with E-state index < -0.39 is 24.1 Å². The van der Waals surface area contributed by atoms with E-state index in [0.29, 0.717) is 5.69 Å². The minimum Gasteiger partial charge on any atom is -0.351 e. The fourth-order valence-electron chi connectivity index (χ4n) is 6.16. The standard InChI is InChI=1S/C21H31F4N5/c1-12-7-29(8-13(2)30(12)11-21(23,24)25)18-17(22)4-16(14(3)28-18)20(27)9-19(10-20)5-15(26)6-19/h4,12-13,15H,5-11,26-27H2,1-3H3. The summed E-state index contributed by atoms with van der Waals surface area (Å²) in [6.07, 6.45) is -0.737. The summed E-state index contributed by atoms with van der Waals surface area (Å²) in [7, 11) is 0. The molecule has 1 aromatic rings. The molecule has 1 aromatic heterocycles. The van der Waals surface area contributed by atoms with E-state index in [2.05, 4.69) is 4.98 Å². The molecule has 2 heterocycles. The molecule has 1 spiro atoms. The average Bonchev–Trinajstić information content (AvgIpc) is 2.56. The molecular formula is C21H31F4N5. The molecule has 2 saturated carbocycles. The Labute approximate surface area is 174 Å². The summed E-state index contributed by atoms with van der Waals surface area (Å²) >= 11 is 0. The van der Waals surface area contributed by atoms with E-state index in [4.69, 9.17) is 11.5 Å². The molecule has 2 unspecified atom stereocenters. The van der Waals surface area contributed by atoms with Crippen LogP contribution in [-0.4, -0.2) is 53.8 Å². The quantitative estimate of drug-likeness (QED) is 0.723. The highest BCUT2D eigenvalue weighted by atomic mass is 19.4. The number of rotatable bonds is 3. The van der Waals surface area contributed by atoms with Gasteiger partial charge in [0.25, 0.3) is 0 Å². The summed E-state index contributed by atoms with van der Waals surface area (Å²) in [5, 5.41) is 0. The van der Waals surface area contributed by atoms with Crippen LogP contribution < -0.4 is 16.4 Å². The predicted molar refractivity (Wildman–Crippen MR) is 108 cm³/mol. The highest BCUT2D eigenvalue weighted by molar-refractivity contribution is 5.47. The van der Waals surface area contributed by atoms with Crippen LogP contribution in [0.1, 0.15) is 50.8 Å². The van der Waals surface area contributed by atoms with Crippen LogP contribution >= 0.6 is 0 Å². The zero-order valence-electron chi connectivity index (χ0n) is 17.8. The lowest BCUT2D eigenvalue weighted by Gasteiger charge is -2.62. The maximum absolute atomic E-state index is 15.1. The fourth-order valence-corrected chi connectivity index (χ4v) is 6.16. The van der Waals surface area contributed by atoms with Gasteiger partial charge < -0.3 is 16.4 Å². The Bertz CT molecular complexity index is 800. The summed E-state index contributed by atoms with van der Waals surface area (Å²) in [6, 6.07) is 0.993. The zero-order valence-corrected chi connectivity index (χ0v) is 17.8. The summed E-state index contributed by atoms with van der Waals surface area (Å²) in [5.74, 6) is -0.264. The number of aryl methyl sites for hydroxylation is 1. The maximum Gasteiger partial charge on any atom is 0.401 e. The second-order valence-corrected chi connectivity index (χ2v) is 10.00. The molecule has 2 aliphatic carbocycles. The molecular weight excluding hydrogens is 398 g/mol. The van der Waals surface area contributed by atoms with Gasteiger partial charge in [0.05, 0.1) is 6.54 Å². The molecule has 0 bridgehead atoms. The van der Waals surface area contributed by atoms with Crippen molar-refractivity contribution < 1.29 is 17.6 Å². The lowest BCUT2D eigenvalue weighted by Crippen LogP contribution is -2.63. The van der Waals surface area contributed by atoms with Crippen molar-refractivity contribution in [3.63, 3.8) is 0 Å². The zero-order chi connectivity index (χ0) is 22.1. The first-order valence-electron chi connectivity index (χ1n) is 10.6. The van der Waals surface area contributed by atoms with Gasteiger partial charge in [0.2, 0.25) is 0 Å². The number of pyridine rings is 1. The molecule has 1 aliphatic heterocycles. The SMILES string of the molecule is Cc1nc(N2CC(C)N(CC(F)(F)F)C(C)C2)c(F)cc1C1(N)CC2(CC(N)C2)C1. The van der Waals surface area contributed by atoms with Gasteiger partial charge in [0.15, 0.2) is 11.6 Å². The lowest BCUT2D eigenvalue weighted by atomic mass is 9.46. The smallest absolute Gasteiger partial charge is 0.351 e. The van der Waals surface area contributed by atoms with Crippen molar-refractivity contribution >= 4 is 5.82 Å². The summed E-state index contributed by atoms with van der Waals surface area (Å²) in [4.78, 5) is 7.70. The summed E-state index contributed by atoms with van der Waals surface area (Å²) in [6.45, 7) is 4.92. The van der Waals surface area contributed by atoms with E-state index >= 15 is 4.39 Å². The van der Waals surface area contributed by atoms with Crippen LogP contribution in [0, 0.1) is 18.2 Å². The van der Waals surface area contributed by atoms with Gasteiger partial charge in [-0.15, -0.1) is 0 Å². The van der Waals surface area contributed by atoms with E-state index in [1.54, 1.807) is 18.7 Å². The highest BCUT2D eigenvalue weighted by Crippen LogP contribution is 2.62. The van der Waals surface area contributed by atoms with Crippen LogP contribution in [-0.2, 0) is 5.54 Å². The number of hydrogen-bond acceptors (Lipinski definition) is 5. The van der Waals surface area contributed by atoms with E-state index in [1.165, 1.54) is 11.0 Å². The molecule has 0 radical (unpaired) electrons.